The molecule has 1 fully saturated rings. The van der Waals surface area contributed by atoms with E-state index in [0.29, 0.717) is 12.5 Å². The van der Waals surface area contributed by atoms with Crippen LogP contribution in [0.3, 0.4) is 0 Å². The molecule has 0 spiro atoms. The lowest BCUT2D eigenvalue weighted by atomic mass is 9.86. The molecule has 3 atom stereocenters. The van der Waals surface area contributed by atoms with E-state index in [9.17, 15) is 9.59 Å². The molecular formula is C22H27N3O2. The predicted molar refractivity (Wildman–Crippen MR) is 106 cm³/mol. The van der Waals surface area contributed by atoms with Crippen LogP contribution in [0.15, 0.2) is 60.7 Å². The van der Waals surface area contributed by atoms with E-state index in [1.165, 1.54) is 5.56 Å². The van der Waals surface area contributed by atoms with Gasteiger partial charge in [-0.25, -0.2) is 0 Å². The first-order valence-electron chi connectivity index (χ1n) is 9.54. The highest BCUT2D eigenvalue weighted by atomic mass is 16.2. The third-order valence-corrected chi connectivity index (χ3v) is 5.05. The summed E-state index contributed by atoms with van der Waals surface area (Å²) in [6, 6.07) is 19.2. The van der Waals surface area contributed by atoms with Crippen LogP contribution in [-0.2, 0) is 16.1 Å². The predicted octanol–water partition coefficient (Wildman–Crippen LogP) is 2.34. The molecule has 1 aliphatic rings. The standard InChI is InChI=1S/C22H27N3O2/c1-16(21(26)24-15-17-8-4-2-5-9-17)25-22(27)20-14-19(12-13-23-20)18-10-6-3-7-11-18/h2-11,16,19-20,23H,12-15H2,1H3,(H,24,26)(H,25,27)/t16?,19-,20+/m0/s1. The van der Waals surface area contributed by atoms with Gasteiger partial charge < -0.3 is 16.0 Å². The molecule has 2 amide bonds. The first kappa shape index (κ1) is 19.1. The third kappa shape index (κ3) is 5.41. The third-order valence-electron chi connectivity index (χ3n) is 5.05. The quantitative estimate of drug-likeness (QED) is 0.736. The Balaban J connectivity index is 1.49. The second-order valence-corrected chi connectivity index (χ2v) is 7.07. The largest absolute Gasteiger partial charge is 0.350 e. The minimum atomic E-state index is -0.569. The zero-order valence-corrected chi connectivity index (χ0v) is 15.7. The van der Waals surface area contributed by atoms with Crippen molar-refractivity contribution in [1.29, 1.82) is 0 Å². The van der Waals surface area contributed by atoms with Gasteiger partial charge in [0.15, 0.2) is 0 Å². The summed E-state index contributed by atoms with van der Waals surface area (Å²) >= 11 is 0. The normalized spacial score (nSPS) is 20.5. The highest BCUT2D eigenvalue weighted by Gasteiger charge is 2.29. The van der Waals surface area contributed by atoms with Gasteiger partial charge in [-0.1, -0.05) is 60.7 Å². The Hall–Kier alpha value is -2.66. The van der Waals surface area contributed by atoms with Gasteiger partial charge in [0.1, 0.15) is 6.04 Å². The average Bonchev–Trinajstić information content (AvgIpc) is 2.73. The van der Waals surface area contributed by atoms with Crippen molar-refractivity contribution < 1.29 is 9.59 Å². The van der Waals surface area contributed by atoms with Crippen LogP contribution in [-0.4, -0.2) is 30.4 Å². The molecule has 0 bridgehead atoms. The Morgan fingerprint density at radius 1 is 1.07 bits per heavy atom. The van der Waals surface area contributed by atoms with Crippen molar-refractivity contribution in [3.05, 3.63) is 71.8 Å². The number of hydrogen-bond acceptors (Lipinski definition) is 3. The van der Waals surface area contributed by atoms with Crippen LogP contribution in [0.2, 0.25) is 0 Å². The summed E-state index contributed by atoms with van der Waals surface area (Å²) in [7, 11) is 0. The topological polar surface area (TPSA) is 70.2 Å². The Labute approximate surface area is 160 Å². The van der Waals surface area contributed by atoms with E-state index >= 15 is 0 Å². The van der Waals surface area contributed by atoms with Gasteiger partial charge >= 0.3 is 0 Å². The lowest BCUT2D eigenvalue weighted by Crippen LogP contribution is -2.53. The number of nitrogens with one attached hydrogen (secondary N) is 3. The fourth-order valence-electron chi connectivity index (χ4n) is 3.46. The van der Waals surface area contributed by atoms with E-state index in [2.05, 4.69) is 28.1 Å². The molecule has 27 heavy (non-hydrogen) atoms. The van der Waals surface area contributed by atoms with Crippen LogP contribution >= 0.6 is 0 Å². The summed E-state index contributed by atoms with van der Waals surface area (Å²) in [5.74, 6) is 0.0750. The zero-order valence-electron chi connectivity index (χ0n) is 15.7. The maximum absolute atomic E-state index is 12.6. The Morgan fingerprint density at radius 2 is 1.74 bits per heavy atom. The van der Waals surface area contributed by atoms with Crippen molar-refractivity contribution >= 4 is 11.8 Å². The summed E-state index contributed by atoms with van der Waals surface area (Å²) in [6.45, 7) is 2.97. The molecule has 2 aromatic carbocycles. The fourth-order valence-corrected chi connectivity index (χ4v) is 3.46. The van der Waals surface area contributed by atoms with Gasteiger partial charge in [0.2, 0.25) is 11.8 Å². The van der Waals surface area contributed by atoms with Crippen LogP contribution in [0.1, 0.15) is 36.8 Å². The number of carbonyl (C=O) groups excluding carboxylic acids is 2. The molecule has 1 saturated heterocycles. The highest BCUT2D eigenvalue weighted by Crippen LogP contribution is 2.27. The van der Waals surface area contributed by atoms with Gasteiger partial charge in [0.25, 0.3) is 0 Å². The van der Waals surface area contributed by atoms with Crippen LogP contribution in [0.5, 0.6) is 0 Å². The van der Waals surface area contributed by atoms with E-state index in [1.807, 2.05) is 48.5 Å². The van der Waals surface area contributed by atoms with Gasteiger partial charge in [0, 0.05) is 6.54 Å². The molecule has 2 aromatic rings. The van der Waals surface area contributed by atoms with E-state index in [-0.39, 0.29) is 17.9 Å². The molecule has 0 aromatic heterocycles. The number of hydrogen-bond donors (Lipinski definition) is 3. The molecule has 5 nitrogen and oxygen atoms in total. The number of rotatable bonds is 6. The molecular weight excluding hydrogens is 338 g/mol. The minimum Gasteiger partial charge on any atom is -0.350 e. The summed E-state index contributed by atoms with van der Waals surface area (Å²) in [5, 5.41) is 8.99. The van der Waals surface area contributed by atoms with Crippen LogP contribution in [0.4, 0.5) is 0 Å². The zero-order chi connectivity index (χ0) is 19.1. The van der Waals surface area contributed by atoms with E-state index < -0.39 is 6.04 Å². The molecule has 1 aliphatic heterocycles. The fraction of sp³-hybridized carbons (Fsp3) is 0.364. The first-order valence-corrected chi connectivity index (χ1v) is 9.54. The van der Waals surface area contributed by atoms with Crippen molar-refractivity contribution in [1.82, 2.24) is 16.0 Å². The van der Waals surface area contributed by atoms with Gasteiger partial charge in [-0.3, -0.25) is 9.59 Å². The van der Waals surface area contributed by atoms with Crippen molar-refractivity contribution in [3.63, 3.8) is 0 Å². The smallest absolute Gasteiger partial charge is 0.242 e. The molecule has 0 aliphatic carbocycles. The van der Waals surface area contributed by atoms with Gasteiger partial charge in [0.05, 0.1) is 6.04 Å². The van der Waals surface area contributed by atoms with E-state index in [1.54, 1.807) is 6.92 Å². The minimum absolute atomic E-state index is 0.113. The molecule has 1 unspecified atom stereocenters. The Morgan fingerprint density at radius 3 is 2.44 bits per heavy atom. The second kappa shape index (κ2) is 9.33. The average molecular weight is 365 g/mol. The monoisotopic (exact) mass is 365 g/mol. The Bertz CT molecular complexity index is 749. The molecule has 3 rings (SSSR count). The van der Waals surface area contributed by atoms with Crippen molar-refractivity contribution in [3.8, 4) is 0 Å². The second-order valence-electron chi connectivity index (χ2n) is 7.07. The summed E-state index contributed by atoms with van der Waals surface area (Å²) in [4.78, 5) is 24.9. The number of carbonyl (C=O) groups is 2. The summed E-state index contributed by atoms with van der Waals surface area (Å²) < 4.78 is 0. The molecule has 1 heterocycles. The maximum atomic E-state index is 12.6. The van der Waals surface area contributed by atoms with Gasteiger partial charge in [-0.15, -0.1) is 0 Å². The lowest BCUT2D eigenvalue weighted by molar-refractivity contribution is -0.130. The Kier molecular flexibility index (Phi) is 6.60. The molecule has 0 saturated carbocycles. The maximum Gasteiger partial charge on any atom is 0.242 e. The molecule has 0 radical (unpaired) electrons. The molecule has 5 heteroatoms. The van der Waals surface area contributed by atoms with Gasteiger partial charge in [-0.05, 0) is 43.4 Å². The number of amides is 2. The number of piperidine rings is 1. The van der Waals surface area contributed by atoms with Crippen molar-refractivity contribution in [2.45, 2.75) is 44.3 Å². The van der Waals surface area contributed by atoms with Crippen LogP contribution in [0.25, 0.3) is 0 Å². The van der Waals surface area contributed by atoms with Crippen LogP contribution in [0, 0.1) is 0 Å². The number of benzene rings is 2. The van der Waals surface area contributed by atoms with Crippen LogP contribution < -0.4 is 16.0 Å². The van der Waals surface area contributed by atoms with E-state index in [0.717, 1.165) is 24.9 Å². The SMILES string of the molecule is CC(NC(=O)[C@H]1C[C@@H](c2ccccc2)CCN1)C(=O)NCc1ccccc1. The van der Waals surface area contributed by atoms with Crippen molar-refractivity contribution in [2.75, 3.05) is 6.54 Å². The lowest BCUT2D eigenvalue weighted by Gasteiger charge is -2.30. The molecule has 142 valence electrons. The molecule has 3 N–H and O–H groups in total. The first-order chi connectivity index (χ1) is 13.1. The highest BCUT2D eigenvalue weighted by molar-refractivity contribution is 5.89. The van der Waals surface area contributed by atoms with Crippen molar-refractivity contribution in [2.24, 2.45) is 0 Å². The summed E-state index contributed by atoms with van der Waals surface area (Å²) in [6.07, 6.45) is 1.76. The van der Waals surface area contributed by atoms with E-state index in [4.69, 9.17) is 0 Å². The van der Waals surface area contributed by atoms with Gasteiger partial charge in [-0.2, -0.15) is 0 Å². The summed E-state index contributed by atoms with van der Waals surface area (Å²) in [5.41, 5.74) is 2.30.